The average Bonchev–Trinajstić information content (AvgIpc) is 2.61. The summed E-state index contributed by atoms with van der Waals surface area (Å²) in [7, 11) is -3.57. The number of aryl methyl sites for hydroxylation is 2. The zero-order valence-corrected chi connectivity index (χ0v) is 18.7. The van der Waals surface area contributed by atoms with Crippen LogP contribution in [0.1, 0.15) is 50.3 Å². The lowest BCUT2D eigenvalue weighted by Gasteiger charge is -2.17. The van der Waals surface area contributed by atoms with Crippen LogP contribution in [0.5, 0.6) is 5.75 Å². The second-order valence-electron chi connectivity index (χ2n) is 7.73. The summed E-state index contributed by atoms with van der Waals surface area (Å²) in [6, 6.07) is 10.3. The summed E-state index contributed by atoms with van der Waals surface area (Å²) >= 11 is 0. The highest BCUT2D eigenvalue weighted by Gasteiger charge is 2.17. The molecule has 6 nitrogen and oxygen atoms in total. The minimum atomic E-state index is -3.57. The highest BCUT2D eigenvalue weighted by atomic mass is 32.2. The molecule has 0 aliphatic heterocycles. The summed E-state index contributed by atoms with van der Waals surface area (Å²) in [5.74, 6) is 0.485. The number of para-hydroxylation sites is 1. The Kier molecular flexibility index (Phi) is 7.43. The Balaban J connectivity index is 2.08. The quantitative estimate of drug-likeness (QED) is 0.675. The van der Waals surface area contributed by atoms with Gasteiger partial charge < -0.3 is 10.1 Å². The van der Waals surface area contributed by atoms with Crippen molar-refractivity contribution in [3.8, 4) is 5.75 Å². The number of hydrogen-bond acceptors (Lipinski definition) is 4. The average molecular weight is 419 g/mol. The van der Waals surface area contributed by atoms with Gasteiger partial charge in [-0.1, -0.05) is 32.0 Å². The number of carbonyl (C=O) groups is 1. The molecule has 29 heavy (non-hydrogen) atoms. The lowest BCUT2D eigenvalue weighted by atomic mass is 9.98. The van der Waals surface area contributed by atoms with Gasteiger partial charge in [0.2, 0.25) is 10.0 Å². The van der Waals surface area contributed by atoms with Crippen molar-refractivity contribution in [2.75, 3.05) is 11.9 Å². The minimum absolute atomic E-state index is 0.164. The van der Waals surface area contributed by atoms with Crippen LogP contribution < -0.4 is 14.8 Å². The number of rotatable bonds is 8. The second-order valence-corrected chi connectivity index (χ2v) is 9.45. The van der Waals surface area contributed by atoms with Crippen LogP contribution in [0.2, 0.25) is 0 Å². The van der Waals surface area contributed by atoms with E-state index in [-0.39, 0.29) is 29.4 Å². The summed E-state index contributed by atoms with van der Waals surface area (Å²) in [4.78, 5) is 12.6. The van der Waals surface area contributed by atoms with Crippen molar-refractivity contribution in [2.24, 2.45) is 0 Å². The standard InChI is InChI=1S/C22H30N2O4S/c1-14(2)19-9-7-8-16(5)22(19)23-21(25)13-28-20-11-10-18(12-17(20)6)29(26,27)24-15(3)4/h7-12,14-15,24H,13H2,1-6H3,(H,23,25). The number of amides is 1. The number of sulfonamides is 1. The fraction of sp³-hybridized carbons (Fsp3) is 0.409. The van der Waals surface area contributed by atoms with Gasteiger partial charge in [0, 0.05) is 11.7 Å². The normalized spacial score (nSPS) is 11.7. The Bertz CT molecular complexity index is 982. The number of nitrogens with one attached hydrogen (secondary N) is 2. The Morgan fingerprint density at radius 2 is 1.72 bits per heavy atom. The largest absolute Gasteiger partial charge is 0.483 e. The molecule has 0 aliphatic carbocycles. The molecule has 0 heterocycles. The third kappa shape index (κ3) is 6.05. The zero-order chi connectivity index (χ0) is 21.8. The van der Waals surface area contributed by atoms with E-state index < -0.39 is 10.0 Å². The molecule has 0 aromatic heterocycles. The van der Waals surface area contributed by atoms with E-state index in [0.717, 1.165) is 16.8 Å². The molecule has 2 N–H and O–H groups in total. The first-order chi connectivity index (χ1) is 13.5. The van der Waals surface area contributed by atoms with Crippen molar-refractivity contribution in [3.63, 3.8) is 0 Å². The molecule has 0 saturated heterocycles. The van der Waals surface area contributed by atoms with E-state index in [1.807, 2.05) is 25.1 Å². The molecule has 0 fully saturated rings. The van der Waals surface area contributed by atoms with E-state index in [1.54, 1.807) is 26.8 Å². The Hall–Kier alpha value is -2.38. The van der Waals surface area contributed by atoms with Crippen molar-refractivity contribution in [2.45, 2.75) is 58.4 Å². The summed E-state index contributed by atoms with van der Waals surface area (Å²) in [5, 5.41) is 2.94. The first kappa shape index (κ1) is 22.9. The maximum absolute atomic E-state index is 12.4. The Morgan fingerprint density at radius 1 is 1.03 bits per heavy atom. The van der Waals surface area contributed by atoms with E-state index in [1.165, 1.54) is 12.1 Å². The van der Waals surface area contributed by atoms with Crippen molar-refractivity contribution >= 4 is 21.6 Å². The minimum Gasteiger partial charge on any atom is -0.483 e. The molecule has 158 valence electrons. The summed E-state index contributed by atoms with van der Waals surface area (Å²) < 4.78 is 32.7. The van der Waals surface area contributed by atoms with Crippen molar-refractivity contribution in [1.82, 2.24) is 4.72 Å². The fourth-order valence-electron chi connectivity index (χ4n) is 2.99. The van der Waals surface area contributed by atoms with Crippen molar-refractivity contribution in [3.05, 3.63) is 53.1 Å². The van der Waals surface area contributed by atoms with Crippen LogP contribution in [0.3, 0.4) is 0 Å². The van der Waals surface area contributed by atoms with Gasteiger partial charge in [-0.15, -0.1) is 0 Å². The van der Waals surface area contributed by atoms with Crippen molar-refractivity contribution in [1.29, 1.82) is 0 Å². The molecule has 0 bridgehead atoms. The van der Waals surface area contributed by atoms with Crippen LogP contribution >= 0.6 is 0 Å². The first-order valence-corrected chi connectivity index (χ1v) is 11.1. The van der Waals surface area contributed by atoms with Gasteiger partial charge >= 0.3 is 0 Å². The molecule has 0 unspecified atom stereocenters. The summed E-state index contributed by atoms with van der Waals surface area (Å²) in [6.07, 6.45) is 0. The molecule has 2 aromatic rings. The number of ether oxygens (including phenoxy) is 1. The maximum atomic E-state index is 12.4. The van der Waals surface area contributed by atoms with Crippen LogP contribution in [0, 0.1) is 13.8 Å². The van der Waals surface area contributed by atoms with Crippen LogP contribution in [-0.2, 0) is 14.8 Å². The summed E-state index contributed by atoms with van der Waals surface area (Å²) in [5.41, 5.74) is 3.52. The Morgan fingerprint density at radius 3 is 2.31 bits per heavy atom. The predicted molar refractivity (Wildman–Crippen MR) is 116 cm³/mol. The molecule has 2 aromatic carbocycles. The lowest BCUT2D eigenvalue weighted by molar-refractivity contribution is -0.118. The van der Waals surface area contributed by atoms with E-state index in [2.05, 4.69) is 23.9 Å². The van der Waals surface area contributed by atoms with Gasteiger partial charge in [0.25, 0.3) is 5.91 Å². The smallest absolute Gasteiger partial charge is 0.262 e. The van der Waals surface area contributed by atoms with Crippen LogP contribution in [0.4, 0.5) is 5.69 Å². The molecule has 2 rings (SSSR count). The monoisotopic (exact) mass is 418 g/mol. The lowest BCUT2D eigenvalue weighted by Crippen LogP contribution is -2.30. The van der Waals surface area contributed by atoms with E-state index in [4.69, 9.17) is 4.74 Å². The SMILES string of the molecule is Cc1cc(S(=O)(=O)NC(C)C)ccc1OCC(=O)Nc1c(C)cccc1C(C)C. The molecule has 0 saturated carbocycles. The molecular formula is C22H30N2O4S. The second kappa shape index (κ2) is 9.41. The highest BCUT2D eigenvalue weighted by Crippen LogP contribution is 2.27. The molecule has 0 spiro atoms. The van der Waals surface area contributed by atoms with Gasteiger partial charge in [-0.25, -0.2) is 13.1 Å². The number of anilines is 1. The first-order valence-electron chi connectivity index (χ1n) is 9.66. The topological polar surface area (TPSA) is 84.5 Å². The van der Waals surface area contributed by atoms with Gasteiger partial charge in [0.15, 0.2) is 6.61 Å². The van der Waals surface area contributed by atoms with Crippen LogP contribution in [-0.4, -0.2) is 27.0 Å². The third-order valence-corrected chi connectivity index (χ3v) is 6.05. The summed E-state index contributed by atoms with van der Waals surface area (Å²) in [6.45, 7) is 11.2. The Labute approximate surface area is 173 Å². The number of carbonyl (C=O) groups excluding carboxylic acids is 1. The molecular weight excluding hydrogens is 388 g/mol. The molecule has 0 aliphatic rings. The molecule has 7 heteroatoms. The van der Waals surface area contributed by atoms with E-state index in [0.29, 0.717) is 11.3 Å². The predicted octanol–water partition coefficient (Wildman–Crippen LogP) is 4.13. The molecule has 0 atom stereocenters. The molecule has 1 amide bonds. The highest BCUT2D eigenvalue weighted by molar-refractivity contribution is 7.89. The van der Waals surface area contributed by atoms with Gasteiger partial charge in [-0.3, -0.25) is 4.79 Å². The zero-order valence-electron chi connectivity index (χ0n) is 17.9. The van der Waals surface area contributed by atoms with E-state index in [9.17, 15) is 13.2 Å². The third-order valence-electron chi connectivity index (χ3n) is 4.40. The van der Waals surface area contributed by atoms with Crippen LogP contribution in [0.15, 0.2) is 41.3 Å². The number of hydrogen-bond donors (Lipinski definition) is 2. The van der Waals surface area contributed by atoms with Gasteiger partial charge in [-0.05, 0) is 68.5 Å². The number of benzene rings is 2. The van der Waals surface area contributed by atoms with Gasteiger partial charge in [0.05, 0.1) is 4.90 Å². The fourth-order valence-corrected chi connectivity index (χ4v) is 4.33. The van der Waals surface area contributed by atoms with Gasteiger partial charge in [0.1, 0.15) is 5.75 Å². The maximum Gasteiger partial charge on any atom is 0.262 e. The van der Waals surface area contributed by atoms with Crippen LogP contribution in [0.25, 0.3) is 0 Å². The van der Waals surface area contributed by atoms with Gasteiger partial charge in [-0.2, -0.15) is 0 Å². The molecule has 0 radical (unpaired) electrons. The van der Waals surface area contributed by atoms with E-state index >= 15 is 0 Å². The van der Waals surface area contributed by atoms with Crippen molar-refractivity contribution < 1.29 is 17.9 Å².